The van der Waals surface area contributed by atoms with E-state index in [1.54, 1.807) is 11.3 Å². The van der Waals surface area contributed by atoms with Crippen LogP contribution < -0.4 is 0 Å². The summed E-state index contributed by atoms with van der Waals surface area (Å²) in [5, 5.41) is 11.6. The smallest absolute Gasteiger partial charge is 0.213 e. The van der Waals surface area contributed by atoms with E-state index in [0.29, 0.717) is 4.77 Å². The van der Waals surface area contributed by atoms with E-state index in [9.17, 15) is 0 Å². The van der Waals surface area contributed by atoms with Crippen LogP contribution in [0.4, 0.5) is 0 Å². The number of para-hydroxylation sites is 1. The van der Waals surface area contributed by atoms with Gasteiger partial charge in [-0.15, -0.1) is 11.3 Å². The monoisotopic (exact) mass is 313 g/mol. The molecule has 3 aromatic heterocycles. The van der Waals surface area contributed by atoms with Gasteiger partial charge in [0.25, 0.3) is 0 Å². The Hall–Kier alpha value is -2.25. The number of aromatic nitrogens is 5. The fourth-order valence-electron chi connectivity index (χ4n) is 2.29. The maximum atomic E-state index is 5.01. The van der Waals surface area contributed by atoms with Gasteiger partial charge >= 0.3 is 0 Å². The van der Waals surface area contributed by atoms with Crippen LogP contribution >= 0.6 is 23.6 Å². The Labute approximate surface area is 129 Å². The summed E-state index contributed by atoms with van der Waals surface area (Å²) < 4.78 is 2.43. The van der Waals surface area contributed by atoms with Gasteiger partial charge in [0.2, 0.25) is 4.77 Å². The average Bonchev–Trinajstić information content (AvgIpc) is 3.17. The molecule has 104 valence electrons. The topological polar surface area (TPSA) is 62.3 Å². The number of fused-ring (bicyclic) bond motifs is 1. The van der Waals surface area contributed by atoms with Crippen molar-refractivity contribution in [2.45, 2.75) is 6.92 Å². The number of H-pyrrole nitrogens is 2. The molecule has 0 saturated heterocycles. The predicted molar refractivity (Wildman–Crippen MR) is 86.5 cm³/mol. The average molecular weight is 313 g/mol. The lowest BCUT2D eigenvalue weighted by Crippen LogP contribution is -1.94. The summed E-state index contributed by atoms with van der Waals surface area (Å²) in [6.45, 7) is 2.02. The van der Waals surface area contributed by atoms with E-state index >= 15 is 0 Å². The first-order chi connectivity index (χ1) is 10.2. The molecule has 0 aliphatic carbocycles. The minimum Gasteiger partial charge on any atom is -0.281 e. The molecule has 0 fully saturated rings. The molecular formula is C14H11N5S2. The molecule has 2 N–H and O–H groups in total. The SMILES string of the molecule is Cc1nn(-c2ccccc2)c2sc(-c3nc(=S)[nH][nH]3)cc12. The first kappa shape index (κ1) is 12.5. The third-order valence-electron chi connectivity index (χ3n) is 3.28. The molecule has 0 spiro atoms. The number of aromatic amines is 2. The summed E-state index contributed by atoms with van der Waals surface area (Å²) >= 11 is 6.66. The van der Waals surface area contributed by atoms with Gasteiger partial charge in [-0.25, -0.2) is 4.68 Å². The van der Waals surface area contributed by atoms with Crippen LogP contribution in [-0.2, 0) is 0 Å². The van der Waals surface area contributed by atoms with Gasteiger partial charge in [-0.2, -0.15) is 10.1 Å². The number of hydrogen-bond acceptors (Lipinski definition) is 4. The molecular weight excluding hydrogens is 302 g/mol. The van der Waals surface area contributed by atoms with Gasteiger partial charge in [-0.3, -0.25) is 10.2 Å². The molecule has 0 aliphatic heterocycles. The summed E-state index contributed by atoms with van der Waals surface area (Å²) in [6, 6.07) is 12.2. The van der Waals surface area contributed by atoms with E-state index in [1.165, 1.54) is 0 Å². The van der Waals surface area contributed by atoms with Crippen LogP contribution in [0.1, 0.15) is 5.69 Å². The molecule has 0 saturated carbocycles. The molecule has 0 radical (unpaired) electrons. The second-order valence-corrected chi connectivity index (χ2v) is 6.10. The largest absolute Gasteiger partial charge is 0.281 e. The van der Waals surface area contributed by atoms with Gasteiger partial charge in [0.1, 0.15) is 4.83 Å². The Kier molecular flexibility index (Phi) is 2.76. The van der Waals surface area contributed by atoms with Crippen LogP contribution in [0.25, 0.3) is 26.6 Å². The van der Waals surface area contributed by atoms with Gasteiger partial charge in [0, 0.05) is 5.39 Å². The number of rotatable bonds is 2. The summed E-state index contributed by atoms with van der Waals surface area (Å²) in [5.74, 6) is 0.764. The van der Waals surface area contributed by atoms with E-state index in [2.05, 4.69) is 26.3 Å². The van der Waals surface area contributed by atoms with Crippen molar-refractivity contribution in [2.75, 3.05) is 0 Å². The first-order valence-corrected chi connectivity index (χ1v) is 7.64. The highest BCUT2D eigenvalue weighted by molar-refractivity contribution is 7.71. The van der Waals surface area contributed by atoms with E-state index in [1.807, 2.05) is 41.9 Å². The van der Waals surface area contributed by atoms with Crippen LogP contribution in [0.5, 0.6) is 0 Å². The second kappa shape index (κ2) is 4.64. The minimum atomic E-state index is 0.462. The molecule has 3 heterocycles. The highest BCUT2D eigenvalue weighted by Crippen LogP contribution is 2.34. The van der Waals surface area contributed by atoms with E-state index < -0.39 is 0 Å². The molecule has 21 heavy (non-hydrogen) atoms. The van der Waals surface area contributed by atoms with E-state index in [4.69, 9.17) is 12.2 Å². The zero-order valence-electron chi connectivity index (χ0n) is 11.1. The molecule has 5 nitrogen and oxygen atoms in total. The lowest BCUT2D eigenvalue weighted by atomic mass is 10.3. The second-order valence-electron chi connectivity index (χ2n) is 4.68. The lowest BCUT2D eigenvalue weighted by molar-refractivity contribution is 0.894. The third-order valence-corrected chi connectivity index (χ3v) is 4.59. The zero-order valence-corrected chi connectivity index (χ0v) is 12.8. The van der Waals surface area contributed by atoms with Gasteiger partial charge < -0.3 is 0 Å². The highest BCUT2D eigenvalue weighted by atomic mass is 32.1. The summed E-state index contributed by atoms with van der Waals surface area (Å²) in [7, 11) is 0. The van der Waals surface area contributed by atoms with Crippen molar-refractivity contribution in [3.63, 3.8) is 0 Å². The Morgan fingerprint density at radius 2 is 2.00 bits per heavy atom. The summed E-state index contributed by atoms with van der Waals surface area (Å²) in [6.07, 6.45) is 0. The van der Waals surface area contributed by atoms with E-state index in [-0.39, 0.29) is 0 Å². The third kappa shape index (κ3) is 2.01. The van der Waals surface area contributed by atoms with Crippen molar-refractivity contribution in [1.82, 2.24) is 25.0 Å². The molecule has 4 aromatic rings. The molecule has 0 bridgehead atoms. The molecule has 4 rings (SSSR count). The Morgan fingerprint density at radius 1 is 1.19 bits per heavy atom. The number of nitrogens with zero attached hydrogens (tertiary/aromatic N) is 3. The van der Waals surface area contributed by atoms with Gasteiger partial charge in [-0.05, 0) is 37.3 Å². The molecule has 0 atom stereocenters. The number of aryl methyl sites for hydroxylation is 1. The normalized spacial score (nSPS) is 11.3. The van der Waals surface area contributed by atoms with Gasteiger partial charge in [0.05, 0.1) is 16.3 Å². The molecule has 0 unspecified atom stereocenters. The molecule has 0 amide bonds. The quantitative estimate of drug-likeness (QED) is 0.553. The van der Waals surface area contributed by atoms with E-state index in [0.717, 1.165) is 32.3 Å². The number of nitrogens with one attached hydrogen (secondary N) is 2. The first-order valence-electron chi connectivity index (χ1n) is 6.42. The maximum Gasteiger partial charge on any atom is 0.213 e. The van der Waals surface area contributed by atoms with Crippen molar-refractivity contribution in [3.05, 3.63) is 46.9 Å². The zero-order chi connectivity index (χ0) is 14.4. The van der Waals surface area contributed by atoms with Gasteiger partial charge in [0.15, 0.2) is 5.82 Å². The van der Waals surface area contributed by atoms with Crippen molar-refractivity contribution in [2.24, 2.45) is 0 Å². The number of thiophene rings is 1. The minimum absolute atomic E-state index is 0.462. The molecule has 0 aliphatic rings. The predicted octanol–water partition coefficient (Wildman–Crippen LogP) is 3.84. The van der Waals surface area contributed by atoms with Crippen molar-refractivity contribution in [3.8, 4) is 16.4 Å². The molecule has 7 heteroatoms. The lowest BCUT2D eigenvalue weighted by Gasteiger charge is -2.00. The van der Waals surface area contributed by atoms with Crippen LogP contribution in [0.15, 0.2) is 36.4 Å². The Bertz CT molecular complexity index is 974. The van der Waals surface area contributed by atoms with Crippen LogP contribution in [0.2, 0.25) is 0 Å². The highest BCUT2D eigenvalue weighted by Gasteiger charge is 2.15. The number of benzene rings is 1. The Morgan fingerprint density at radius 3 is 2.71 bits per heavy atom. The standard InChI is InChI=1S/C14H11N5S2/c1-8-10-7-11(12-15-14(20)17-16-12)21-13(10)19(18-8)9-5-3-2-4-6-9/h2-7H,1H3,(H2,15,16,17,20). The van der Waals surface area contributed by atoms with Crippen LogP contribution in [0, 0.1) is 11.7 Å². The Balaban J connectivity index is 1.94. The van der Waals surface area contributed by atoms with Crippen molar-refractivity contribution in [1.29, 1.82) is 0 Å². The van der Waals surface area contributed by atoms with Crippen molar-refractivity contribution >= 4 is 33.8 Å². The summed E-state index contributed by atoms with van der Waals surface area (Å²) in [4.78, 5) is 6.42. The van der Waals surface area contributed by atoms with Crippen LogP contribution in [-0.4, -0.2) is 25.0 Å². The summed E-state index contributed by atoms with van der Waals surface area (Å²) in [5.41, 5.74) is 2.06. The van der Waals surface area contributed by atoms with Crippen LogP contribution in [0.3, 0.4) is 0 Å². The van der Waals surface area contributed by atoms with Gasteiger partial charge in [-0.1, -0.05) is 18.2 Å². The fraction of sp³-hybridized carbons (Fsp3) is 0.0714. The maximum absolute atomic E-state index is 5.01. The fourth-order valence-corrected chi connectivity index (χ4v) is 3.56. The number of hydrogen-bond donors (Lipinski definition) is 2. The van der Waals surface area contributed by atoms with Crippen molar-refractivity contribution < 1.29 is 0 Å². The molecule has 1 aromatic carbocycles.